The molecule has 1 aromatic heterocycles. The molecule has 0 radical (unpaired) electrons. The van der Waals surface area contributed by atoms with Crippen molar-refractivity contribution in [3.05, 3.63) is 23.9 Å². The van der Waals surface area contributed by atoms with Gasteiger partial charge in [0.15, 0.2) is 5.03 Å². The summed E-state index contributed by atoms with van der Waals surface area (Å²) in [7, 11) is -3.87. The lowest BCUT2D eigenvalue weighted by Crippen LogP contribution is -2.31. The first-order chi connectivity index (χ1) is 8.94. The van der Waals surface area contributed by atoms with Gasteiger partial charge in [-0.05, 0) is 25.0 Å². The molecule has 7 nitrogen and oxygen atoms in total. The van der Waals surface area contributed by atoms with Gasteiger partial charge in [0.1, 0.15) is 0 Å². The molecule has 1 N–H and O–H groups in total. The van der Waals surface area contributed by atoms with Gasteiger partial charge in [0.25, 0.3) is 15.9 Å². The Bertz CT molecular complexity index is 626. The Morgan fingerprint density at radius 2 is 2.11 bits per heavy atom. The number of rotatable bonds is 5. The highest BCUT2D eigenvalue weighted by Gasteiger charge is 2.41. The fourth-order valence-corrected chi connectivity index (χ4v) is 3.38. The third kappa shape index (κ3) is 2.43. The van der Waals surface area contributed by atoms with Crippen molar-refractivity contribution in [1.82, 2.24) is 9.29 Å². The number of hydrogen-bond donors (Lipinski definition) is 1. The zero-order chi connectivity index (χ0) is 14.0. The Labute approximate surface area is 109 Å². The number of pyridine rings is 1. The second-order valence-electron chi connectivity index (χ2n) is 4.09. The lowest BCUT2D eigenvalue weighted by molar-refractivity contribution is -0.137. The molecule has 0 atom stereocenters. The van der Waals surface area contributed by atoms with Crippen LogP contribution in [0, 0.1) is 0 Å². The van der Waals surface area contributed by atoms with E-state index in [1.807, 2.05) is 0 Å². The van der Waals surface area contributed by atoms with Gasteiger partial charge in [0, 0.05) is 19.2 Å². The van der Waals surface area contributed by atoms with E-state index in [1.165, 1.54) is 18.3 Å². The van der Waals surface area contributed by atoms with E-state index >= 15 is 0 Å². The maximum Gasteiger partial charge on any atom is 0.303 e. The summed E-state index contributed by atoms with van der Waals surface area (Å²) in [6, 6.07) is 2.92. The van der Waals surface area contributed by atoms with Crippen LogP contribution in [-0.4, -0.2) is 41.2 Å². The highest BCUT2D eigenvalue weighted by molar-refractivity contribution is 7.90. The van der Waals surface area contributed by atoms with Gasteiger partial charge in [-0.1, -0.05) is 0 Å². The Morgan fingerprint density at radius 3 is 2.74 bits per heavy atom. The second-order valence-corrected chi connectivity index (χ2v) is 5.87. The smallest absolute Gasteiger partial charge is 0.303 e. The van der Waals surface area contributed by atoms with E-state index in [1.54, 1.807) is 0 Å². The standard InChI is InChI=1S/C11H12N2O5S/c14-9(15)5-1-2-7-13-11(16)8-4-3-6-12-10(8)19(13,17)18/h3-4,6H,1-2,5,7H2,(H,14,15). The number of sulfonamides is 1. The number of carbonyl (C=O) groups excluding carboxylic acids is 1. The van der Waals surface area contributed by atoms with Crippen molar-refractivity contribution in [2.45, 2.75) is 24.3 Å². The number of fused-ring (bicyclic) bond motifs is 1. The summed E-state index contributed by atoms with van der Waals surface area (Å²) >= 11 is 0. The molecule has 2 rings (SSSR count). The summed E-state index contributed by atoms with van der Waals surface area (Å²) in [5, 5.41) is 8.27. The van der Waals surface area contributed by atoms with Crippen LogP contribution in [0.1, 0.15) is 29.6 Å². The SMILES string of the molecule is O=C(O)CCCCN1C(=O)c2cccnc2S1(=O)=O. The monoisotopic (exact) mass is 284 g/mol. The van der Waals surface area contributed by atoms with Crippen LogP contribution in [0.25, 0.3) is 0 Å². The average Bonchev–Trinajstić information content (AvgIpc) is 2.55. The topological polar surface area (TPSA) is 105 Å². The minimum Gasteiger partial charge on any atom is -0.481 e. The molecule has 0 bridgehead atoms. The number of hydrogen-bond acceptors (Lipinski definition) is 5. The largest absolute Gasteiger partial charge is 0.481 e. The number of aromatic nitrogens is 1. The van der Waals surface area contributed by atoms with Gasteiger partial charge in [-0.3, -0.25) is 9.59 Å². The predicted molar refractivity (Wildman–Crippen MR) is 63.9 cm³/mol. The van der Waals surface area contributed by atoms with Crippen LogP contribution in [0.15, 0.2) is 23.4 Å². The lowest BCUT2D eigenvalue weighted by Gasteiger charge is -2.13. The third-order valence-corrected chi connectivity index (χ3v) is 4.51. The maximum atomic E-state index is 12.0. The summed E-state index contributed by atoms with van der Waals surface area (Å²) in [5.41, 5.74) is 0.0701. The first-order valence-electron chi connectivity index (χ1n) is 5.68. The summed E-state index contributed by atoms with van der Waals surface area (Å²) in [4.78, 5) is 26.0. The van der Waals surface area contributed by atoms with E-state index in [9.17, 15) is 18.0 Å². The molecule has 1 aromatic rings. The molecule has 102 valence electrons. The van der Waals surface area contributed by atoms with Crippen molar-refractivity contribution in [3.63, 3.8) is 0 Å². The van der Waals surface area contributed by atoms with Crippen LogP contribution in [0.5, 0.6) is 0 Å². The van der Waals surface area contributed by atoms with Gasteiger partial charge in [-0.2, -0.15) is 8.42 Å². The Kier molecular flexibility index (Phi) is 3.52. The van der Waals surface area contributed by atoms with E-state index in [0.29, 0.717) is 12.8 Å². The number of amides is 1. The summed E-state index contributed by atoms with van der Waals surface area (Å²) in [6.45, 7) is -0.0230. The first kappa shape index (κ1) is 13.5. The summed E-state index contributed by atoms with van der Waals surface area (Å²) < 4.78 is 24.9. The number of nitrogens with zero attached hydrogens (tertiary/aromatic N) is 2. The lowest BCUT2D eigenvalue weighted by atomic mass is 10.2. The van der Waals surface area contributed by atoms with Crippen molar-refractivity contribution >= 4 is 21.9 Å². The van der Waals surface area contributed by atoms with Gasteiger partial charge in [-0.25, -0.2) is 9.29 Å². The Hall–Kier alpha value is -1.96. The Morgan fingerprint density at radius 1 is 1.37 bits per heavy atom. The van der Waals surface area contributed by atoms with E-state index < -0.39 is 21.9 Å². The van der Waals surface area contributed by atoms with Crippen molar-refractivity contribution in [1.29, 1.82) is 0 Å². The number of carbonyl (C=O) groups is 2. The predicted octanol–water partition coefficient (Wildman–Crippen LogP) is 0.481. The minimum absolute atomic E-state index is 0.0230. The molecule has 1 aliphatic heterocycles. The van der Waals surface area contributed by atoms with Gasteiger partial charge in [0.2, 0.25) is 0 Å². The highest BCUT2D eigenvalue weighted by atomic mass is 32.2. The Balaban J connectivity index is 2.12. The molecule has 1 aliphatic rings. The van der Waals surface area contributed by atoms with Crippen LogP contribution in [0.2, 0.25) is 0 Å². The van der Waals surface area contributed by atoms with Gasteiger partial charge < -0.3 is 5.11 Å². The highest BCUT2D eigenvalue weighted by Crippen LogP contribution is 2.28. The molecular formula is C11H12N2O5S. The summed E-state index contributed by atoms with van der Waals surface area (Å²) in [5.74, 6) is -1.54. The molecule has 0 saturated heterocycles. The quantitative estimate of drug-likeness (QED) is 0.788. The fourth-order valence-electron chi connectivity index (χ4n) is 1.86. The molecule has 0 unspecified atom stereocenters. The van der Waals surface area contributed by atoms with Crippen molar-refractivity contribution in [2.75, 3.05) is 6.54 Å². The first-order valence-corrected chi connectivity index (χ1v) is 7.12. The van der Waals surface area contributed by atoms with Crippen LogP contribution < -0.4 is 0 Å². The number of carboxylic acid groups (broad SMARTS) is 1. The fraction of sp³-hybridized carbons (Fsp3) is 0.364. The molecule has 8 heteroatoms. The van der Waals surface area contributed by atoms with E-state index in [-0.39, 0.29) is 23.6 Å². The normalized spacial score (nSPS) is 16.4. The van der Waals surface area contributed by atoms with Crippen LogP contribution in [-0.2, 0) is 14.8 Å². The molecule has 0 spiro atoms. The number of carboxylic acids is 1. The number of unbranched alkanes of at least 4 members (excludes halogenated alkanes) is 1. The number of aliphatic carboxylic acids is 1. The van der Waals surface area contributed by atoms with Gasteiger partial charge in [-0.15, -0.1) is 0 Å². The molecule has 1 amide bonds. The molecular weight excluding hydrogens is 272 g/mol. The minimum atomic E-state index is -3.87. The molecule has 0 saturated carbocycles. The van der Waals surface area contributed by atoms with Crippen LogP contribution in [0.3, 0.4) is 0 Å². The molecule has 0 aromatic carbocycles. The van der Waals surface area contributed by atoms with Crippen LogP contribution in [0.4, 0.5) is 0 Å². The molecule has 19 heavy (non-hydrogen) atoms. The zero-order valence-corrected chi connectivity index (χ0v) is 10.8. The molecule has 0 aliphatic carbocycles. The molecule has 0 fully saturated rings. The van der Waals surface area contributed by atoms with Crippen molar-refractivity contribution < 1.29 is 23.1 Å². The summed E-state index contributed by atoms with van der Waals surface area (Å²) in [6.07, 6.45) is 1.90. The van der Waals surface area contributed by atoms with E-state index in [4.69, 9.17) is 5.11 Å². The van der Waals surface area contributed by atoms with E-state index in [0.717, 1.165) is 4.31 Å². The van der Waals surface area contributed by atoms with Crippen molar-refractivity contribution in [2.24, 2.45) is 0 Å². The average molecular weight is 284 g/mol. The third-order valence-electron chi connectivity index (χ3n) is 2.76. The van der Waals surface area contributed by atoms with Crippen molar-refractivity contribution in [3.8, 4) is 0 Å². The van der Waals surface area contributed by atoms with Crippen LogP contribution >= 0.6 is 0 Å². The second kappa shape index (κ2) is 4.96. The van der Waals surface area contributed by atoms with Gasteiger partial charge >= 0.3 is 5.97 Å². The molecule has 2 heterocycles. The maximum absolute atomic E-state index is 12.0. The zero-order valence-electron chi connectivity index (χ0n) is 9.94. The van der Waals surface area contributed by atoms with E-state index in [2.05, 4.69) is 4.98 Å². The van der Waals surface area contributed by atoms with Gasteiger partial charge in [0.05, 0.1) is 5.56 Å².